The van der Waals surface area contributed by atoms with Gasteiger partial charge in [-0.15, -0.1) is 0 Å². The van der Waals surface area contributed by atoms with Crippen LogP contribution in [0.15, 0.2) is 0 Å². The Balaban J connectivity index is 2.34. The summed E-state index contributed by atoms with van der Waals surface area (Å²) in [4.78, 5) is 18.5. The summed E-state index contributed by atoms with van der Waals surface area (Å²) in [5.41, 5.74) is 0.964. The van der Waals surface area contributed by atoms with Gasteiger partial charge in [-0.3, -0.25) is 0 Å². The number of hydrogen-bond donors (Lipinski definition) is 2. The topological polar surface area (TPSA) is 66.0 Å². The summed E-state index contributed by atoms with van der Waals surface area (Å²) in [6.45, 7) is 3.97. The zero-order chi connectivity index (χ0) is 11.7. The van der Waals surface area contributed by atoms with Crippen LogP contribution < -0.4 is 0 Å². The number of nitrogens with one attached hydrogen (secondary N) is 1. The molecule has 1 heterocycles. The zero-order valence-corrected chi connectivity index (χ0v) is 9.79. The highest BCUT2D eigenvalue weighted by atomic mass is 16.4. The summed E-state index contributed by atoms with van der Waals surface area (Å²) in [5.74, 6) is 0.558. The van der Waals surface area contributed by atoms with Crippen molar-refractivity contribution in [1.29, 1.82) is 0 Å². The number of aromatic carboxylic acids is 1. The van der Waals surface area contributed by atoms with Crippen LogP contribution in [0.4, 0.5) is 0 Å². The van der Waals surface area contributed by atoms with Gasteiger partial charge in [0.25, 0.3) is 0 Å². The van der Waals surface area contributed by atoms with E-state index >= 15 is 0 Å². The van der Waals surface area contributed by atoms with Gasteiger partial charge in [0.1, 0.15) is 5.82 Å². The largest absolute Gasteiger partial charge is 0.476 e. The molecule has 0 aliphatic heterocycles. The van der Waals surface area contributed by atoms with Crippen molar-refractivity contribution in [3.63, 3.8) is 0 Å². The smallest absolute Gasteiger partial charge is 0.356 e. The van der Waals surface area contributed by atoms with Gasteiger partial charge in [-0.05, 0) is 18.8 Å². The molecule has 1 saturated carbocycles. The van der Waals surface area contributed by atoms with Gasteiger partial charge in [0, 0.05) is 5.92 Å². The highest BCUT2D eigenvalue weighted by Crippen LogP contribution is 2.33. The first-order valence-corrected chi connectivity index (χ1v) is 5.92. The molecule has 2 rings (SSSR count). The summed E-state index contributed by atoms with van der Waals surface area (Å²) in [7, 11) is 0. The molecule has 0 saturated heterocycles. The maximum Gasteiger partial charge on any atom is 0.356 e. The Morgan fingerprint density at radius 1 is 1.44 bits per heavy atom. The fourth-order valence-corrected chi connectivity index (χ4v) is 2.38. The number of rotatable bonds is 3. The molecule has 0 unspecified atom stereocenters. The standard InChI is InChI=1S/C12H18N2O2/c1-7(2)9-10(12(15)16)14-11(13-9)8-5-3-4-6-8/h7-8H,3-6H2,1-2H3,(H,13,14)(H,15,16). The lowest BCUT2D eigenvalue weighted by Crippen LogP contribution is -2.03. The Kier molecular flexibility index (Phi) is 2.99. The molecule has 2 N–H and O–H groups in total. The predicted octanol–water partition coefficient (Wildman–Crippen LogP) is 2.89. The van der Waals surface area contributed by atoms with Crippen LogP contribution >= 0.6 is 0 Å². The Morgan fingerprint density at radius 3 is 2.50 bits per heavy atom. The Morgan fingerprint density at radius 2 is 2.06 bits per heavy atom. The third-order valence-electron chi connectivity index (χ3n) is 3.27. The maximum atomic E-state index is 11.1. The summed E-state index contributed by atoms with van der Waals surface area (Å²) in [6.07, 6.45) is 4.71. The van der Waals surface area contributed by atoms with Crippen LogP contribution in [0.2, 0.25) is 0 Å². The van der Waals surface area contributed by atoms with Crippen LogP contribution in [0.5, 0.6) is 0 Å². The van der Waals surface area contributed by atoms with E-state index in [0.717, 1.165) is 24.4 Å². The number of carboxylic acids is 1. The van der Waals surface area contributed by atoms with Gasteiger partial charge in [-0.2, -0.15) is 0 Å². The van der Waals surface area contributed by atoms with E-state index in [1.54, 1.807) is 0 Å². The van der Waals surface area contributed by atoms with Crippen LogP contribution in [0.1, 0.15) is 73.4 Å². The van der Waals surface area contributed by atoms with Crippen molar-refractivity contribution in [2.75, 3.05) is 0 Å². The average molecular weight is 222 g/mol. The van der Waals surface area contributed by atoms with E-state index < -0.39 is 5.97 Å². The number of nitrogens with zero attached hydrogens (tertiary/aromatic N) is 1. The number of carboxylic acid groups (broad SMARTS) is 1. The molecular weight excluding hydrogens is 204 g/mol. The van der Waals surface area contributed by atoms with Crippen LogP contribution in [0.25, 0.3) is 0 Å². The van der Waals surface area contributed by atoms with Crippen molar-refractivity contribution in [3.05, 3.63) is 17.2 Å². The van der Waals surface area contributed by atoms with Crippen LogP contribution in [-0.2, 0) is 0 Å². The van der Waals surface area contributed by atoms with Gasteiger partial charge in [-0.25, -0.2) is 9.78 Å². The molecule has 4 nitrogen and oxygen atoms in total. The lowest BCUT2D eigenvalue weighted by molar-refractivity contribution is 0.0689. The minimum absolute atomic E-state index is 0.175. The average Bonchev–Trinajstić information content (AvgIpc) is 2.86. The van der Waals surface area contributed by atoms with E-state index in [2.05, 4.69) is 9.97 Å². The monoisotopic (exact) mass is 222 g/mol. The van der Waals surface area contributed by atoms with Crippen LogP contribution in [0.3, 0.4) is 0 Å². The number of aromatic nitrogens is 2. The van der Waals surface area contributed by atoms with Gasteiger partial charge < -0.3 is 10.1 Å². The number of imidazole rings is 1. The number of carbonyl (C=O) groups is 1. The van der Waals surface area contributed by atoms with Gasteiger partial charge >= 0.3 is 5.97 Å². The molecule has 0 atom stereocenters. The zero-order valence-electron chi connectivity index (χ0n) is 9.79. The fourth-order valence-electron chi connectivity index (χ4n) is 2.38. The van der Waals surface area contributed by atoms with E-state index in [1.807, 2.05) is 13.8 Å². The molecular formula is C12H18N2O2. The minimum atomic E-state index is -0.927. The Labute approximate surface area is 95.1 Å². The maximum absolute atomic E-state index is 11.1. The third kappa shape index (κ3) is 1.96. The molecule has 1 fully saturated rings. The molecule has 88 valence electrons. The molecule has 1 aromatic rings. The van der Waals surface area contributed by atoms with Crippen LogP contribution in [-0.4, -0.2) is 21.0 Å². The van der Waals surface area contributed by atoms with E-state index in [4.69, 9.17) is 5.11 Å². The normalized spacial score (nSPS) is 17.2. The number of aromatic amines is 1. The van der Waals surface area contributed by atoms with Crippen molar-refractivity contribution in [1.82, 2.24) is 9.97 Å². The van der Waals surface area contributed by atoms with Crippen molar-refractivity contribution in [2.24, 2.45) is 0 Å². The number of hydrogen-bond acceptors (Lipinski definition) is 2. The molecule has 16 heavy (non-hydrogen) atoms. The summed E-state index contributed by atoms with van der Waals surface area (Å²) < 4.78 is 0. The second-order valence-corrected chi connectivity index (χ2v) is 4.83. The summed E-state index contributed by atoms with van der Waals surface area (Å²) in [6, 6.07) is 0. The predicted molar refractivity (Wildman–Crippen MR) is 60.8 cm³/mol. The van der Waals surface area contributed by atoms with Gasteiger partial charge in [-0.1, -0.05) is 26.7 Å². The Bertz CT molecular complexity index is 390. The second-order valence-electron chi connectivity index (χ2n) is 4.83. The molecule has 4 heteroatoms. The second kappa shape index (κ2) is 4.28. The summed E-state index contributed by atoms with van der Waals surface area (Å²) >= 11 is 0. The fraction of sp³-hybridized carbons (Fsp3) is 0.667. The molecule has 0 amide bonds. The first-order chi connectivity index (χ1) is 7.59. The first kappa shape index (κ1) is 11.2. The molecule has 1 aromatic heterocycles. The van der Waals surface area contributed by atoms with Gasteiger partial charge in [0.2, 0.25) is 0 Å². The van der Waals surface area contributed by atoms with Crippen molar-refractivity contribution in [2.45, 2.75) is 51.4 Å². The minimum Gasteiger partial charge on any atom is -0.476 e. The van der Waals surface area contributed by atoms with Crippen molar-refractivity contribution in [3.8, 4) is 0 Å². The lowest BCUT2D eigenvalue weighted by Gasteiger charge is -2.04. The molecule has 1 aliphatic rings. The lowest BCUT2D eigenvalue weighted by atomic mass is 10.1. The molecule has 1 aliphatic carbocycles. The van der Waals surface area contributed by atoms with Crippen molar-refractivity contribution >= 4 is 5.97 Å². The van der Waals surface area contributed by atoms with Crippen LogP contribution in [0, 0.1) is 0 Å². The Hall–Kier alpha value is -1.32. The van der Waals surface area contributed by atoms with Gasteiger partial charge in [0.05, 0.1) is 5.69 Å². The first-order valence-electron chi connectivity index (χ1n) is 5.92. The van der Waals surface area contributed by atoms with Gasteiger partial charge in [0.15, 0.2) is 5.69 Å². The quantitative estimate of drug-likeness (QED) is 0.826. The molecule has 0 radical (unpaired) electrons. The summed E-state index contributed by atoms with van der Waals surface area (Å²) in [5, 5.41) is 9.09. The van der Waals surface area contributed by atoms with E-state index in [0.29, 0.717) is 5.92 Å². The molecule has 0 bridgehead atoms. The van der Waals surface area contributed by atoms with E-state index in [9.17, 15) is 4.79 Å². The third-order valence-corrected chi connectivity index (χ3v) is 3.27. The highest BCUT2D eigenvalue weighted by Gasteiger charge is 2.25. The molecule has 0 aromatic carbocycles. The highest BCUT2D eigenvalue weighted by molar-refractivity contribution is 5.87. The van der Waals surface area contributed by atoms with E-state index in [1.165, 1.54) is 12.8 Å². The van der Waals surface area contributed by atoms with Crippen molar-refractivity contribution < 1.29 is 9.90 Å². The SMILES string of the molecule is CC(C)c1[nH]c(C2CCCC2)nc1C(=O)O. The molecule has 0 spiro atoms. The number of H-pyrrole nitrogens is 1. The van der Waals surface area contributed by atoms with E-state index in [-0.39, 0.29) is 11.6 Å².